The molecule has 1 aromatic carbocycles. The molecule has 0 bridgehead atoms. The zero-order chi connectivity index (χ0) is 15.2. The van der Waals surface area contributed by atoms with Gasteiger partial charge in [0.1, 0.15) is 6.54 Å². The molecule has 108 valence electrons. The van der Waals surface area contributed by atoms with Gasteiger partial charge in [0.2, 0.25) is 5.91 Å². The number of hydrogen-bond acceptors (Lipinski definition) is 2. The summed E-state index contributed by atoms with van der Waals surface area (Å²) in [6, 6.07) is 8.14. The molecule has 0 saturated carbocycles. The van der Waals surface area contributed by atoms with E-state index in [1.165, 1.54) is 0 Å². The quantitative estimate of drug-likeness (QED) is 0.845. The number of carbonyl (C=O) groups is 2. The Hall–Kier alpha value is -2.31. The van der Waals surface area contributed by atoms with Crippen LogP contribution in [-0.4, -0.2) is 34.6 Å². The van der Waals surface area contributed by atoms with E-state index < -0.39 is 24.6 Å². The van der Waals surface area contributed by atoms with Gasteiger partial charge in [-0.3, -0.25) is 4.79 Å². The van der Waals surface area contributed by atoms with Crippen molar-refractivity contribution in [2.45, 2.75) is 12.7 Å². The van der Waals surface area contributed by atoms with E-state index in [1.807, 2.05) is 0 Å². The highest BCUT2D eigenvalue weighted by Crippen LogP contribution is 2.18. The fraction of sp³-hybridized carbons (Fsp3) is 0.231. The van der Waals surface area contributed by atoms with Crippen molar-refractivity contribution in [1.29, 1.82) is 0 Å². The number of amides is 1. The van der Waals surface area contributed by atoms with Gasteiger partial charge in [-0.2, -0.15) is 13.2 Å². The number of carboxylic acids is 1. The van der Waals surface area contributed by atoms with Crippen LogP contribution < -0.4 is 0 Å². The molecule has 0 radical (unpaired) electrons. The first kappa shape index (κ1) is 15.7. The lowest BCUT2D eigenvalue weighted by Crippen LogP contribution is -2.37. The van der Waals surface area contributed by atoms with Crippen LogP contribution >= 0.6 is 0 Å². The summed E-state index contributed by atoms with van der Waals surface area (Å²) in [5.74, 6) is -2.40. The molecule has 1 rings (SSSR count). The van der Waals surface area contributed by atoms with E-state index in [-0.39, 0.29) is 6.54 Å². The molecule has 0 aliphatic rings. The molecule has 0 fully saturated rings. The van der Waals surface area contributed by atoms with Crippen LogP contribution in [0.5, 0.6) is 0 Å². The van der Waals surface area contributed by atoms with Gasteiger partial charge in [0.05, 0.1) is 0 Å². The van der Waals surface area contributed by atoms with Gasteiger partial charge in [-0.05, 0) is 5.56 Å². The van der Waals surface area contributed by atoms with E-state index in [0.717, 1.165) is 0 Å². The third-order valence-corrected chi connectivity index (χ3v) is 2.27. The summed E-state index contributed by atoms with van der Waals surface area (Å²) in [6.07, 6.45) is -3.44. The van der Waals surface area contributed by atoms with E-state index in [9.17, 15) is 22.8 Å². The van der Waals surface area contributed by atoms with Crippen molar-refractivity contribution in [3.05, 3.63) is 48.0 Å². The molecule has 0 aliphatic carbocycles. The summed E-state index contributed by atoms with van der Waals surface area (Å²) in [7, 11) is 0. The van der Waals surface area contributed by atoms with E-state index in [0.29, 0.717) is 22.6 Å². The Balaban J connectivity index is 2.85. The van der Waals surface area contributed by atoms with Crippen molar-refractivity contribution >= 4 is 11.9 Å². The predicted octanol–water partition coefficient (Wildman–Crippen LogP) is 2.22. The summed E-state index contributed by atoms with van der Waals surface area (Å²) in [4.78, 5) is 22.4. The zero-order valence-electron chi connectivity index (χ0n) is 10.3. The summed E-state index contributed by atoms with van der Waals surface area (Å²) in [6.45, 7) is -1.69. The molecule has 0 unspecified atom stereocenters. The van der Waals surface area contributed by atoms with Crippen LogP contribution in [0, 0.1) is 0 Å². The van der Waals surface area contributed by atoms with Gasteiger partial charge < -0.3 is 10.0 Å². The van der Waals surface area contributed by atoms with Gasteiger partial charge in [-0.1, -0.05) is 30.3 Å². The Bertz CT molecular complexity index is 497. The Morgan fingerprint density at radius 1 is 1.15 bits per heavy atom. The van der Waals surface area contributed by atoms with Crippen molar-refractivity contribution in [2.24, 2.45) is 0 Å². The molecule has 20 heavy (non-hydrogen) atoms. The second-order valence-corrected chi connectivity index (χ2v) is 3.97. The van der Waals surface area contributed by atoms with Crippen LogP contribution in [0.25, 0.3) is 0 Å². The number of halogens is 3. The maximum absolute atomic E-state index is 12.4. The Morgan fingerprint density at radius 2 is 1.75 bits per heavy atom. The second kappa shape index (κ2) is 6.74. The smallest absolute Gasteiger partial charge is 0.406 e. The summed E-state index contributed by atoms with van der Waals surface area (Å²) in [5.41, 5.74) is 0.522. The molecule has 0 saturated heterocycles. The fourth-order valence-corrected chi connectivity index (χ4v) is 1.48. The first-order valence-corrected chi connectivity index (χ1v) is 5.58. The topological polar surface area (TPSA) is 57.6 Å². The van der Waals surface area contributed by atoms with Crippen LogP contribution in [0.3, 0.4) is 0 Å². The third-order valence-electron chi connectivity index (χ3n) is 2.27. The maximum atomic E-state index is 12.4. The minimum atomic E-state index is -4.55. The van der Waals surface area contributed by atoms with Gasteiger partial charge in [-0.25, -0.2) is 4.79 Å². The number of benzene rings is 1. The van der Waals surface area contributed by atoms with E-state index in [2.05, 4.69) is 0 Å². The number of carbonyl (C=O) groups excluding carboxylic acids is 1. The van der Waals surface area contributed by atoms with Crippen molar-refractivity contribution in [3.63, 3.8) is 0 Å². The van der Waals surface area contributed by atoms with Crippen LogP contribution in [0.1, 0.15) is 5.56 Å². The molecular weight excluding hydrogens is 275 g/mol. The average molecular weight is 287 g/mol. The van der Waals surface area contributed by atoms with Crippen molar-refractivity contribution in [1.82, 2.24) is 4.90 Å². The molecular formula is C13H12F3NO3. The monoisotopic (exact) mass is 287 g/mol. The van der Waals surface area contributed by atoms with Gasteiger partial charge >= 0.3 is 12.1 Å². The molecule has 1 N–H and O–H groups in total. The Kier molecular flexibility index (Phi) is 5.31. The average Bonchev–Trinajstić information content (AvgIpc) is 2.34. The molecule has 4 nitrogen and oxygen atoms in total. The lowest BCUT2D eigenvalue weighted by atomic mass is 10.2. The normalized spacial score (nSPS) is 11.6. The largest absolute Gasteiger partial charge is 0.478 e. The van der Waals surface area contributed by atoms with Crippen LogP contribution in [0.2, 0.25) is 0 Å². The van der Waals surface area contributed by atoms with Crippen LogP contribution in [0.15, 0.2) is 42.5 Å². The Labute approximate surface area is 113 Å². The highest BCUT2D eigenvalue weighted by molar-refractivity contribution is 5.93. The third kappa shape index (κ3) is 6.03. The number of carboxylic acid groups (broad SMARTS) is 1. The minimum absolute atomic E-state index is 0.247. The summed E-state index contributed by atoms with van der Waals surface area (Å²) < 4.78 is 37.3. The lowest BCUT2D eigenvalue weighted by molar-refractivity contribution is -0.159. The standard InChI is InChI=1S/C13H12F3NO3/c14-13(15,16)9-17(11(18)6-7-12(19)20)8-10-4-2-1-3-5-10/h1-7H,8-9H2,(H,19,20)/b7-6+. The summed E-state index contributed by atoms with van der Waals surface area (Å²) in [5, 5.41) is 8.39. The first-order chi connectivity index (χ1) is 9.28. The molecule has 1 amide bonds. The van der Waals surface area contributed by atoms with Gasteiger partial charge in [0.15, 0.2) is 0 Å². The minimum Gasteiger partial charge on any atom is -0.478 e. The van der Waals surface area contributed by atoms with Crippen molar-refractivity contribution in [3.8, 4) is 0 Å². The molecule has 0 aliphatic heterocycles. The van der Waals surface area contributed by atoms with Gasteiger partial charge in [0, 0.05) is 18.7 Å². The van der Waals surface area contributed by atoms with Crippen LogP contribution in [-0.2, 0) is 16.1 Å². The van der Waals surface area contributed by atoms with E-state index in [4.69, 9.17) is 5.11 Å². The van der Waals surface area contributed by atoms with Gasteiger partial charge in [-0.15, -0.1) is 0 Å². The molecule has 7 heteroatoms. The lowest BCUT2D eigenvalue weighted by Gasteiger charge is -2.22. The van der Waals surface area contributed by atoms with Gasteiger partial charge in [0.25, 0.3) is 0 Å². The molecule has 1 aromatic rings. The van der Waals surface area contributed by atoms with Crippen molar-refractivity contribution in [2.75, 3.05) is 6.54 Å². The first-order valence-electron chi connectivity index (χ1n) is 5.58. The number of nitrogens with zero attached hydrogens (tertiary/aromatic N) is 1. The fourth-order valence-electron chi connectivity index (χ4n) is 1.48. The number of hydrogen-bond donors (Lipinski definition) is 1. The SMILES string of the molecule is O=C(O)/C=C/C(=O)N(Cc1ccccc1)CC(F)(F)F. The summed E-state index contributed by atoms with van der Waals surface area (Å²) >= 11 is 0. The molecule has 0 atom stereocenters. The van der Waals surface area contributed by atoms with E-state index >= 15 is 0 Å². The highest BCUT2D eigenvalue weighted by atomic mass is 19.4. The zero-order valence-corrected chi connectivity index (χ0v) is 10.3. The maximum Gasteiger partial charge on any atom is 0.406 e. The number of aliphatic carboxylic acids is 1. The second-order valence-electron chi connectivity index (χ2n) is 3.97. The predicted molar refractivity (Wildman–Crippen MR) is 64.7 cm³/mol. The molecule has 0 aromatic heterocycles. The number of alkyl halides is 3. The molecule has 0 heterocycles. The Morgan fingerprint density at radius 3 is 2.25 bits per heavy atom. The highest BCUT2D eigenvalue weighted by Gasteiger charge is 2.32. The van der Waals surface area contributed by atoms with E-state index in [1.54, 1.807) is 30.3 Å². The van der Waals surface area contributed by atoms with Crippen LogP contribution in [0.4, 0.5) is 13.2 Å². The van der Waals surface area contributed by atoms with Crippen molar-refractivity contribution < 1.29 is 27.9 Å². The number of rotatable bonds is 5. The molecule has 0 spiro atoms.